The first-order chi connectivity index (χ1) is 13.9. The summed E-state index contributed by atoms with van der Waals surface area (Å²) < 4.78 is 1.98. The zero-order valence-corrected chi connectivity index (χ0v) is 17.6. The molecule has 1 amide bonds. The number of fused-ring (bicyclic) bond motifs is 1. The Kier molecular flexibility index (Phi) is 5.39. The summed E-state index contributed by atoms with van der Waals surface area (Å²) in [5.74, 6) is 1.89. The molecule has 1 aliphatic rings. The highest BCUT2D eigenvalue weighted by molar-refractivity contribution is 5.78. The molecule has 1 aliphatic carbocycles. The van der Waals surface area contributed by atoms with Crippen molar-refractivity contribution in [1.82, 2.24) is 19.9 Å². The lowest BCUT2D eigenvalue weighted by Gasteiger charge is -2.36. The Bertz CT molecular complexity index is 976. The van der Waals surface area contributed by atoms with Crippen LogP contribution < -0.4 is 5.32 Å². The van der Waals surface area contributed by atoms with Gasteiger partial charge in [0, 0.05) is 18.7 Å². The monoisotopic (exact) mass is 390 g/mol. The molecule has 4 rings (SSSR count). The van der Waals surface area contributed by atoms with E-state index in [1.54, 1.807) is 6.33 Å². The number of amides is 1. The van der Waals surface area contributed by atoms with Crippen LogP contribution in [0.4, 0.5) is 0 Å². The van der Waals surface area contributed by atoms with Crippen LogP contribution in [0.15, 0.2) is 48.9 Å². The van der Waals surface area contributed by atoms with Crippen LogP contribution in [0.2, 0.25) is 0 Å². The van der Waals surface area contributed by atoms with E-state index in [9.17, 15) is 4.79 Å². The third kappa shape index (κ3) is 4.34. The highest BCUT2D eigenvalue weighted by Gasteiger charge is 2.32. The normalized spacial score (nSPS) is 20.0. The van der Waals surface area contributed by atoms with Gasteiger partial charge in [0.1, 0.15) is 12.1 Å². The average molecular weight is 391 g/mol. The number of carbonyl (C=O) groups is 1. The van der Waals surface area contributed by atoms with E-state index in [0.717, 1.165) is 54.0 Å². The number of benzene rings is 1. The first-order valence-corrected chi connectivity index (χ1v) is 10.6. The lowest BCUT2D eigenvalue weighted by atomic mass is 9.69. The zero-order chi connectivity index (χ0) is 20.4. The van der Waals surface area contributed by atoms with Gasteiger partial charge in [0.05, 0.1) is 11.0 Å². The Hall–Kier alpha value is -2.69. The number of para-hydroxylation sites is 2. The fraction of sp³-hybridized carbons (Fsp3) is 0.458. The summed E-state index contributed by atoms with van der Waals surface area (Å²) in [4.78, 5) is 21.6. The molecule has 2 aromatic heterocycles. The van der Waals surface area contributed by atoms with Gasteiger partial charge >= 0.3 is 0 Å². The first kappa shape index (κ1) is 19.6. The molecular weight excluding hydrogens is 360 g/mol. The number of aromatic nitrogens is 3. The van der Waals surface area contributed by atoms with Gasteiger partial charge in [-0.3, -0.25) is 9.36 Å². The van der Waals surface area contributed by atoms with E-state index in [4.69, 9.17) is 0 Å². The van der Waals surface area contributed by atoms with Crippen molar-refractivity contribution in [3.63, 3.8) is 0 Å². The van der Waals surface area contributed by atoms with E-state index >= 15 is 0 Å². The van der Waals surface area contributed by atoms with Gasteiger partial charge in [0.25, 0.3) is 0 Å². The van der Waals surface area contributed by atoms with Crippen LogP contribution in [0.25, 0.3) is 16.9 Å². The van der Waals surface area contributed by atoms with E-state index < -0.39 is 0 Å². The first-order valence-electron chi connectivity index (χ1n) is 10.6. The van der Waals surface area contributed by atoms with E-state index in [1.807, 2.05) is 47.2 Å². The minimum atomic E-state index is 0.151. The highest BCUT2D eigenvalue weighted by Crippen LogP contribution is 2.39. The lowest BCUT2D eigenvalue weighted by Crippen LogP contribution is -2.35. The van der Waals surface area contributed by atoms with Gasteiger partial charge in [-0.2, -0.15) is 0 Å². The van der Waals surface area contributed by atoms with Crippen molar-refractivity contribution in [1.29, 1.82) is 0 Å². The minimum absolute atomic E-state index is 0.151. The van der Waals surface area contributed by atoms with Gasteiger partial charge in [0.2, 0.25) is 5.91 Å². The molecule has 0 saturated heterocycles. The van der Waals surface area contributed by atoms with Crippen LogP contribution in [0.1, 0.15) is 52.0 Å². The van der Waals surface area contributed by atoms with Crippen molar-refractivity contribution in [3.8, 4) is 5.82 Å². The maximum Gasteiger partial charge on any atom is 0.223 e. The standard InChI is InChI=1S/C24H30N4O/c1-24(2,3)19-11-9-18(10-12-19)23(29)26-15-17-8-13-22(25-14-17)28-16-27-20-6-4-5-7-21(20)28/h4-8,13-14,16,18-19H,9-12,15H2,1-3H3,(H,26,29). The number of carbonyl (C=O) groups excluding carboxylic acids is 1. The van der Waals surface area contributed by atoms with E-state index in [1.165, 1.54) is 0 Å². The fourth-order valence-electron chi connectivity index (χ4n) is 4.36. The van der Waals surface area contributed by atoms with Crippen LogP contribution >= 0.6 is 0 Å². The molecule has 0 radical (unpaired) electrons. The Morgan fingerprint density at radius 3 is 2.52 bits per heavy atom. The molecule has 5 nitrogen and oxygen atoms in total. The molecule has 0 aliphatic heterocycles. The van der Waals surface area contributed by atoms with Gasteiger partial charge in [-0.1, -0.05) is 39.0 Å². The number of nitrogens with one attached hydrogen (secondary N) is 1. The van der Waals surface area contributed by atoms with Crippen molar-refractivity contribution in [3.05, 3.63) is 54.5 Å². The Morgan fingerprint density at radius 2 is 1.83 bits per heavy atom. The fourth-order valence-corrected chi connectivity index (χ4v) is 4.36. The van der Waals surface area contributed by atoms with Crippen LogP contribution in [0.5, 0.6) is 0 Å². The highest BCUT2D eigenvalue weighted by atomic mass is 16.1. The van der Waals surface area contributed by atoms with Crippen LogP contribution in [-0.2, 0) is 11.3 Å². The van der Waals surface area contributed by atoms with Gasteiger partial charge in [-0.15, -0.1) is 0 Å². The summed E-state index contributed by atoms with van der Waals surface area (Å²) in [7, 11) is 0. The molecule has 29 heavy (non-hydrogen) atoms. The molecule has 0 atom stereocenters. The van der Waals surface area contributed by atoms with Crippen molar-refractivity contribution in [2.75, 3.05) is 0 Å². The maximum atomic E-state index is 12.6. The third-order valence-corrected chi connectivity index (χ3v) is 6.30. The Labute approximate surface area is 172 Å². The number of nitrogens with zero attached hydrogens (tertiary/aromatic N) is 3. The number of pyridine rings is 1. The van der Waals surface area contributed by atoms with Crippen LogP contribution in [0, 0.1) is 17.3 Å². The van der Waals surface area contributed by atoms with Crippen molar-refractivity contribution >= 4 is 16.9 Å². The molecule has 3 aromatic rings. The Balaban J connectivity index is 1.33. The number of rotatable bonds is 4. The number of imidazole rings is 1. The van der Waals surface area contributed by atoms with E-state index in [2.05, 4.69) is 36.1 Å². The number of hydrogen-bond donors (Lipinski definition) is 1. The molecule has 1 aromatic carbocycles. The molecule has 0 unspecified atom stereocenters. The predicted molar refractivity (Wildman–Crippen MR) is 116 cm³/mol. The SMILES string of the molecule is CC(C)(C)C1CCC(C(=O)NCc2ccc(-n3cnc4ccccc43)nc2)CC1. The van der Waals surface area contributed by atoms with Gasteiger partial charge in [0.15, 0.2) is 0 Å². The van der Waals surface area contributed by atoms with Gasteiger partial charge in [-0.05, 0) is 60.8 Å². The second-order valence-corrected chi connectivity index (χ2v) is 9.26. The topological polar surface area (TPSA) is 59.8 Å². The molecule has 1 N–H and O–H groups in total. The minimum Gasteiger partial charge on any atom is -0.352 e. The van der Waals surface area contributed by atoms with Gasteiger partial charge < -0.3 is 5.32 Å². The molecule has 2 heterocycles. The van der Waals surface area contributed by atoms with Gasteiger partial charge in [-0.25, -0.2) is 9.97 Å². The zero-order valence-electron chi connectivity index (χ0n) is 17.6. The summed E-state index contributed by atoms with van der Waals surface area (Å²) in [6, 6.07) is 12.0. The molecule has 1 saturated carbocycles. The summed E-state index contributed by atoms with van der Waals surface area (Å²) in [6.45, 7) is 7.44. The predicted octanol–water partition coefficient (Wildman–Crippen LogP) is 4.89. The van der Waals surface area contributed by atoms with Crippen LogP contribution in [0.3, 0.4) is 0 Å². The van der Waals surface area contributed by atoms with Crippen LogP contribution in [-0.4, -0.2) is 20.4 Å². The molecule has 152 valence electrons. The average Bonchev–Trinajstić information content (AvgIpc) is 3.16. The molecule has 5 heteroatoms. The molecule has 0 spiro atoms. The van der Waals surface area contributed by atoms with Crippen molar-refractivity contribution in [2.45, 2.75) is 53.0 Å². The Morgan fingerprint density at radius 1 is 1.07 bits per heavy atom. The molecular formula is C24H30N4O. The second kappa shape index (κ2) is 7.97. The summed E-state index contributed by atoms with van der Waals surface area (Å²) in [6.07, 6.45) is 7.92. The lowest BCUT2D eigenvalue weighted by molar-refractivity contribution is -0.126. The van der Waals surface area contributed by atoms with E-state index in [-0.39, 0.29) is 11.8 Å². The summed E-state index contributed by atoms with van der Waals surface area (Å²) in [5.41, 5.74) is 3.34. The third-order valence-electron chi connectivity index (χ3n) is 6.30. The smallest absolute Gasteiger partial charge is 0.223 e. The maximum absolute atomic E-state index is 12.6. The quantitative estimate of drug-likeness (QED) is 0.690. The molecule has 0 bridgehead atoms. The van der Waals surface area contributed by atoms with Crippen molar-refractivity contribution in [2.24, 2.45) is 17.3 Å². The van der Waals surface area contributed by atoms with Crippen molar-refractivity contribution < 1.29 is 4.79 Å². The van der Waals surface area contributed by atoms with E-state index in [0.29, 0.717) is 12.0 Å². The largest absolute Gasteiger partial charge is 0.352 e. The second-order valence-electron chi connectivity index (χ2n) is 9.26. The summed E-state index contributed by atoms with van der Waals surface area (Å²) in [5, 5.41) is 3.11. The summed E-state index contributed by atoms with van der Waals surface area (Å²) >= 11 is 0. The number of hydrogen-bond acceptors (Lipinski definition) is 3. The molecule has 1 fully saturated rings.